The number of aliphatic imine (C=N–C) groups is 1. The van der Waals surface area contributed by atoms with Crippen LogP contribution in [0.25, 0.3) is 55.6 Å². The normalized spacial score (nSPS) is 14.1. The van der Waals surface area contributed by atoms with Gasteiger partial charge in [0.2, 0.25) is 0 Å². The molecule has 3 aliphatic rings. The maximum Gasteiger partial charge on any atom is 0.260 e. The Bertz CT molecular complexity index is 3520. The third-order valence-electron chi connectivity index (χ3n) is 12.5. The first kappa shape index (κ1) is 37.3. The van der Waals surface area contributed by atoms with Crippen LogP contribution in [0.4, 0.5) is 5.69 Å². The number of hydrogen-bond acceptors (Lipinski definition) is 6. The standard InChI is InChI=1S/C55H32BN2O4.Pt/c59-46-26-11-7-19-36(46)44-25-14-24-43(57-44)33-29-38-39-31-49-51-55(61-48-28-13-9-22-42(48)56(51)41-21-8-12-27-47(41)60-49)54(39)62-53(38)40(30-33)52-50(37-20-6-10-23-45(37)58-52)35-18-5-4-17-34(35)32-15-2-1-3-16-32;/h1-29,31,50,59H;/q-1;. The number of ether oxygens (including phenoxy) is 2. The van der Waals surface area contributed by atoms with Gasteiger partial charge < -0.3 is 19.0 Å². The predicted molar refractivity (Wildman–Crippen MR) is 247 cm³/mol. The summed E-state index contributed by atoms with van der Waals surface area (Å²) >= 11 is 0. The molecule has 63 heavy (non-hydrogen) atoms. The number of benzene rings is 8. The van der Waals surface area contributed by atoms with E-state index in [0.29, 0.717) is 33.9 Å². The molecule has 3 aliphatic heterocycles. The Kier molecular flexibility index (Phi) is 8.63. The molecule has 0 saturated heterocycles. The van der Waals surface area contributed by atoms with Gasteiger partial charge in [0.05, 0.1) is 17.0 Å². The second-order valence-corrected chi connectivity index (χ2v) is 16.0. The van der Waals surface area contributed by atoms with Crippen molar-refractivity contribution in [3.05, 3.63) is 205 Å². The number of aromatic hydroxyl groups is 1. The number of hydrogen-bond donors (Lipinski definition) is 1. The molecular weight excluding hydrogens is 959 g/mol. The number of fused-ring (bicyclic) bond motifs is 9. The summed E-state index contributed by atoms with van der Waals surface area (Å²) in [6.45, 7) is -0.108. The van der Waals surface area contributed by atoms with Crippen molar-refractivity contribution in [1.29, 1.82) is 0 Å². The van der Waals surface area contributed by atoms with Gasteiger partial charge in [-0.25, -0.2) is 0 Å². The minimum Gasteiger partial charge on any atom is -0.507 e. The number of pyridine rings is 1. The van der Waals surface area contributed by atoms with Crippen LogP contribution >= 0.6 is 0 Å². The van der Waals surface area contributed by atoms with E-state index in [1.165, 1.54) is 0 Å². The maximum absolute atomic E-state index is 10.9. The van der Waals surface area contributed by atoms with Crippen molar-refractivity contribution >= 4 is 56.4 Å². The number of rotatable bonds is 5. The van der Waals surface area contributed by atoms with Gasteiger partial charge in [-0.05, 0) is 86.7 Å². The molecule has 0 aliphatic carbocycles. The summed E-state index contributed by atoms with van der Waals surface area (Å²) in [7, 11) is 0. The average Bonchev–Trinajstić information content (AvgIpc) is 3.90. The zero-order valence-electron chi connectivity index (χ0n) is 33.4. The summed E-state index contributed by atoms with van der Waals surface area (Å²) < 4.78 is 20.9. The van der Waals surface area contributed by atoms with Crippen LogP contribution in [0.2, 0.25) is 0 Å². The molecule has 0 amide bonds. The molecule has 1 N–H and O–H groups in total. The molecule has 300 valence electrons. The first-order chi connectivity index (χ1) is 30.7. The molecule has 8 aromatic carbocycles. The molecule has 5 heterocycles. The van der Waals surface area contributed by atoms with E-state index in [0.717, 1.165) is 89.2 Å². The van der Waals surface area contributed by atoms with Gasteiger partial charge in [0.1, 0.15) is 23.0 Å². The molecule has 0 spiro atoms. The van der Waals surface area contributed by atoms with Gasteiger partial charge in [-0.15, -0.1) is 12.1 Å². The van der Waals surface area contributed by atoms with E-state index in [4.69, 9.17) is 23.9 Å². The van der Waals surface area contributed by atoms with Crippen LogP contribution in [-0.4, -0.2) is 22.5 Å². The van der Waals surface area contributed by atoms with E-state index in [2.05, 4.69) is 109 Å². The van der Waals surface area contributed by atoms with Crippen molar-refractivity contribution < 1.29 is 40.1 Å². The SMILES string of the molecule is Oc1ccccc1-c1cccc(-c2[c-]c(C3=Nc4ccccc4C3c3ccccc3-c3ccccc3)c3oc4c5c6c(cc4c3c2)Oc2ccccc2B6c2ccccc2O5)n1.[Pt]. The Morgan fingerprint density at radius 3 is 2.02 bits per heavy atom. The van der Waals surface area contributed by atoms with Gasteiger partial charge in [0.15, 0.2) is 11.3 Å². The smallest absolute Gasteiger partial charge is 0.260 e. The minimum atomic E-state index is -0.247. The second-order valence-electron chi connectivity index (χ2n) is 16.0. The summed E-state index contributed by atoms with van der Waals surface area (Å²) in [5, 5.41) is 12.6. The molecule has 0 saturated carbocycles. The number of phenols is 1. The van der Waals surface area contributed by atoms with E-state index >= 15 is 0 Å². The van der Waals surface area contributed by atoms with Gasteiger partial charge >= 0.3 is 0 Å². The molecule has 13 rings (SSSR count). The molecule has 6 nitrogen and oxygen atoms in total. The van der Waals surface area contributed by atoms with Gasteiger partial charge in [-0.3, -0.25) is 9.98 Å². The summed E-state index contributed by atoms with van der Waals surface area (Å²) in [5.74, 6) is 2.88. The summed E-state index contributed by atoms with van der Waals surface area (Å²) in [6, 6.07) is 65.1. The Labute approximate surface area is 377 Å². The number of furan rings is 1. The fourth-order valence-corrected chi connectivity index (χ4v) is 9.77. The van der Waals surface area contributed by atoms with Crippen molar-refractivity contribution in [3.63, 3.8) is 0 Å². The van der Waals surface area contributed by atoms with E-state index < -0.39 is 0 Å². The minimum absolute atomic E-state index is 0. The van der Waals surface area contributed by atoms with E-state index in [1.54, 1.807) is 6.07 Å². The fourth-order valence-electron chi connectivity index (χ4n) is 9.77. The molecule has 0 bridgehead atoms. The molecule has 1 atom stereocenters. The number of aromatic nitrogens is 1. The van der Waals surface area contributed by atoms with E-state index in [-0.39, 0.29) is 39.4 Å². The number of nitrogens with zero attached hydrogens (tertiary/aromatic N) is 2. The molecule has 2 aromatic heterocycles. The first-order valence-electron chi connectivity index (χ1n) is 20.8. The number of phenolic OH excluding ortho intramolecular Hbond substituents is 1. The molecule has 1 unspecified atom stereocenters. The van der Waals surface area contributed by atoms with Crippen LogP contribution in [0.5, 0.6) is 28.7 Å². The molecule has 0 fully saturated rings. The van der Waals surface area contributed by atoms with Crippen molar-refractivity contribution in [2.24, 2.45) is 4.99 Å². The Hall–Kier alpha value is -7.47. The summed E-state index contributed by atoms with van der Waals surface area (Å²) in [6.07, 6.45) is 0. The van der Waals surface area contributed by atoms with Crippen LogP contribution in [0.15, 0.2) is 191 Å². The topological polar surface area (TPSA) is 77.1 Å². The van der Waals surface area contributed by atoms with Crippen molar-refractivity contribution in [1.82, 2.24) is 4.98 Å². The molecular formula is C55H32BN2O4Pt-. The van der Waals surface area contributed by atoms with Gasteiger partial charge in [-0.1, -0.05) is 145 Å². The van der Waals surface area contributed by atoms with Gasteiger partial charge in [0, 0.05) is 49.1 Å². The van der Waals surface area contributed by atoms with Crippen LogP contribution in [-0.2, 0) is 21.1 Å². The van der Waals surface area contributed by atoms with Gasteiger partial charge in [-0.2, -0.15) is 0 Å². The Morgan fingerprint density at radius 1 is 0.556 bits per heavy atom. The quantitative estimate of drug-likeness (QED) is 0.137. The zero-order valence-corrected chi connectivity index (χ0v) is 35.6. The van der Waals surface area contributed by atoms with Crippen LogP contribution in [0.1, 0.15) is 22.6 Å². The maximum atomic E-state index is 10.9. The summed E-state index contributed by atoms with van der Waals surface area (Å²) in [5.41, 5.74) is 14.1. The third-order valence-corrected chi connectivity index (χ3v) is 12.5. The van der Waals surface area contributed by atoms with Crippen molar-refractivity contribution in [3.8, 4) is 62.4 Å². The monoisotopic (exact) mass is 990 g/mol. The third kappa shape index (κ3) is 5.77. The first-order valence-corrected chi connectivity index (χ1v) is 20.8. The Balaban J connectivity index is 0.00000421. The molecule has 0 radical (unpaired) electrons. The predicted octanol–water partition coefficient (Wildman–Crippen LogP) is 11.5. The van der Waals surface area contributed by atoms with Crippen molar-refractivity contribution in [2.75, 3.05) is 0 Å². The van der Waals surface area contributed by atoms with Crippen LogP contribution < -0.4 is 25.9 Å². The molecule has 8 heteroatoms. The average molecular weight is 991 g/mol. The fraction of sp³-hybridized carbons (Fsp3) is 0.0182. The zero-order chi connectivity index (χ0) is 40.9. The second kappa shape index (κ2) is 14.6. The molecule has 10 aromatic rings. The largest absolute Gasteiger partial charge is 0.507 e. The number of para-hydroxylation sites is 4. The Morgan fingerprint density at radius 2 is 1.21 bits per heavy atom. The summed E-state index contributed by atoms with van der Waals surface area (Å²) in [4.78, 5) is 10.6. The van der Waals surface area contributed by atoms with Crippen LogP contribution in [0.3, 0.4) is 0 Å². The van der Waals surface area contributed by atoms with Crippen LogP contribution in [0, 0.1) is 6.07 Å². The van der Waals surface area contributed by atoms with E-state index in [1.807, 2.05) is 72.8 Å². The van der Waals surface area contributed by atoms with Gasteiger partial charge in [0.25, 0.3) is 6.71 Å². The van der Waals surface area contributed by atoms with Crippen molar-refractivity contribution in [2.45, 2.75) is 5.92 Å². The van der Waals surface area contributed by atoms with E-state index in [9.17, 15) is 5.11 Å².